The highest BCUT2D eigenvalue weighted by Gasteiger charge is 2.67. The van der Waals surface area contributed by atoms with Gasteiger partial charge in [0.05, 0.1) is 12.1 Å². The Morgan fingerprint density at radius 3 is 2.41 bits per heavy atom. The fourth-order valence-corrected chi connectivity index (χ4v) is 18.3. The molecule has 4 aliphatic heterocycles. The summed E-state index contributed by atoms with van der Waals surface area (Å²) in [6, 6.07) is 10.7. The van der Waals surface area contributed by atoms with Gasteiger partial charge in [-0.05, 0) is 125 Å². The number of thioether (sulfide) groups is 1. The second-order valence-corrected chi connectivity index (χ2v) is 21.5. The molecule has 1 aromatic rings. The number of nitrogens with zero attached hydrogens (tertiary/aromatic N) is 3. The molecular formula is C44H64BN3S. The van der Waals surface area contributed by atoms with Crippen LogP contribution in [0, 0.1) is 48.9 Å². The Kier molecular flexibility index (Phi) is 7.51. The van der Waals surface area contributed by atoms with Gasteiger partial charge >= 0.3 is 0 Å². The lowest BCUT2D eigenvalue weighted by Crippen LogP contribution is -2.77. The van der Waals surface area contributed by atoms with E-state index in [0.717, 1.165) is 70.5 Å². The first-order valence-corrected chi connectivity index (χ1v) is 22.8. The SMILES string of the molecule is Cc1cccc(C)c1B1C2CC3SC4CCCCC4C3CC2N2C3=NC4CC(C5(C)CCCCC5)CCC4N3C3CCCC4CCC1C2C43. The molecule has 264 valence electrons. The summed E-state index contributed by atoms with van der Waals surface area (Å²) in [5, 5.41) is 1.86. The van der Waals surface area contributed by atoms with Gasteiger partial charge in [-0.3, -0.25) is 0 Å². The van der Waals surface area contributed by atoms with Crippen molar-refractivity contribution in [2.75, 3.05) is 0 Å². The van der Waals surface area contributed by atoms with E-state index >= 15 is 0 Å². The highest BCUT2D eigenvalue weighted by molar-refractivity contribution is 8.00. The fourth-order valence-electron chi connectivity index (χ4n) is 16.2. The van der Waals surface area contributed by atoms with Crippen LogP contribution in [0.25, 0.3) is 0 Å². The Balaban J connectivity index is 1.03. The second kappa shape index (κ2) is 11.7. The van der Waals surface area contributed by atoms with E-state index in [9.17, 15) is 0 Å². The van der Waals surface area contributed by atoms with Gasteiger partial charge in [-0.25, -0.2) is 4.99 Å². The lowest BCUT2D eigenvalue weighted by Gasteiger charge is -2.68. The molecule has 3 nitrogen and oxygen atoms in total. The molecule has 0 spiro atoms. The van der Waals surface area contributed by atoms with E-state index in [1.165, 1.54) is 122 Å². The zero-order chi connectivity index (χ0) is 32.6. The lowest BCUT2D eigenvalue weighted by atomic mass is 9.22. The van der Waals surface area contributed by atoms with Crippen molar-refractivity contribution in [2.24, 2.45) is 40.0 Å². The van der Waals surface area contributed by atoms with Crippen molar-refractivity contribution in [1.82, 2.24) is 9.80 Å². The van der Waals surface area contributed by atoms with Crippen molar-refractivity contribution >= 4 is 29.9 Å². The number of hydrogen-bond acceptors (Lipinski definition) is 4. The van der Waals surface area contributed by atoms with Crippen LogP contribution in [0.1, 0.15) is 140 Å². The van der Waals surface area contributed by atoms with Gasteiger partial charge < -0.3 is 9.80 Å². The van der Waals surface area contributed by atoms with Crippen molar-refractivity contribution in [3.05, 3.63) is 29.3 Å². The zero-order valence-electron chi connectivity index (χ0n) is 31.1. The van der Waals surface area contributed by atoms with Crippen LogP contribution in [0.2, 0.25) is 11.6 Å². The van der Waals surface area contributed by atoms with Crippen LogP contribution in [-0.4, -0.2) is 63.2 Å². The number of guanidine groups is 1. The molecule has 0 aromatic heterocycles. The molecule has 3 saturated heterocycles. The van der Waals surface area contributed by atoms with E-state index in [4.69, 9.17) is 4.99 Å². The summed E-state index contributed by atoms with van der Waals surface area (Å²) in [7, 11) is 0. The number of rotatable bonds is 2. The lowest BCUT2D eigenvalue weighted by molar-refractivity contribution is -0.0620. The standard InChI is InChI=1S/C44H64BN3S/c1-26-11-9-12-27(2)41(26)45-32-19-17-28-13-10-15-36-40(28)42(32)48(37-24-31-30-14-5-6-16-38(30)49-39(31)25-33(37)45)43-46-34-23-29(18-20-35(34)47(36)43)44(3)21-7-4-8-22-44/h9,11-12,28-40,42H,4-8,10,13-25H2,1-3H3. The van der Waals surface area contributed by atoms with Crippen molar-refractivity contribution in [1.29, 1.82) is 0 Å². The molecule has 9 fully saturated rings. The molecule has 6 saturated carbocycles. The molecule has 6 aliphatic carbocycles. The summed E-state index contributed by atoms with van der Waals surface area (Å²) >= 11 is 2.50. The molecule has 14 unspecified atom stereocenters. The molecule has 0 radical (unpaired) electrons. The van der Waals surface area contributed by atoms with Crippen LogP contribution < -0.4 is 5.46 Å². The molecule has 49 heavy (non-hydrogen) atoms. The number of fused-ring (bicyclic) bond motifs is 10. The smallest absolute Gasteiger partial charge is 0.198 e. The van der Waals surface area contributed by atoms with Crippen LogP contribution >= 0.6 is 11.8 Å². The topological polar surface area (TPSA) is 18.8 Å². The third-order valence-electron chi connectivity index (χ3n) is 18.1. The van der Waals surface area contributed by atoms with E-state index in [1.807, 2.05) is 0 Å². The average molecular weight is 678 g/mol. The minimum atomic E-state index is 0.558. The van der Waals surface area contributed by atoms with Gasteiger partial charge in [-0.15, -0.1) is 0 Å². The summed E-state index contributed by atoms with van der Waals surface area (Å²) < 4.78 is 0. The van der Waals surface area contributed by atoms with Gasteiger partial charge in [0.1, 0.15) is 0 Å². The van der Waals surface area contributed by atoms with E-state index in [0.29, 0.717) is 23.5 Å². The number of aliphatic imine (C=N–C) groups is 1. The average Bonchev–Trinajstić information content (AvgIpc) is 3.68. The van der Waals surface area contributed by atoms with Crippen LogP contribution in [0.3, 0.4) is 0 Å². The van der Waals surface area contributed by atoms with Crippen LogP contribution in [0.4, 0.5) is 0 Å². The highest BCUT2D eigenvalue weighted by Crippen LogP contribution is 2.65. The van der Waals surface area contributed by atoms with Crippen molar-refractivity contribution in [3.63, 3.8) is 0 Å². The van der Waals surface area contributed by atoms with Gasteiger partial charge in [0.25, 0.3) is 0 Å². The number of benzene rings is 1. The Morgan fingerprint density at radius 1 is 0.714 bits per heavy atom. The van der Waals surface area contributed by atoms with Gasteiger partial charge in [0.2, 0.25) is 0 Å². The minimum absolute atomic E-state index is 0.558. The Labute approximate surface area is 303 Å². The van der Waals surface area contributed by atoms with Crippen molar-refractivity contribution in [2.45, 2.75) is 195 Å². The van der Waals surface area contributed by atoms with E-state index in [1.54, 1.807) is 22.5 Å². The summed E-state index contributed by atoms with van der Waals surface area (Å²) in [5.74, 6) is 7.80. The third kappa shape index (κ3) is 4.57. The zero-order valence-corrected chi connectivity index (χ0v) is 31.9. The van der Waals surface area contributed by atoms with Gasteiger partial charge in [0, 0.05) is 34.5 Å². The van der Waals surface area contributed by atoms with Gasteiger partial charge in [-0.2, -0.15) is 11.8 Å². The first-order valence-electron chi connectivity index (χ1n) is 21.8. The molecular weight excluding hydrogens is 613 g/mol. The van der Waals surface area contributed by atoms with Crippen LogP contribution in [-0.2, 0) is 0 Å². The normalized spacial score (nSPS) is 47.7. The first-order chi connectivity index (χ1) is 24.0. The summed E-state index contributed by atoms with van der Waals surface area (Å²) in [6.07, 6.45) is 27.9. The molecule has 10 aliphatic rings. The second-order valence-electron chi connectivity index (χ2n) is 20.0. The van der Waals surface area contributed by atoms with Crippen molar-refractivity contribution in [3.8, 4) is 0 Å². The van der Waals surface area contributed by atoms with Gasteiger partial charge in [0.15, 0.2) is 12.7 Å². The van der Waals surface area contributed by atoms with E-state index in [2.05, 4.69) is 60.5 Å². The molecule has 0 N–H and O–H groups in total. The van der Waals surface area contributed by atoms with E-state index in [-0.39, 0.29) is 0 Å². The first kappa shape index (κ1) is 31.4. The molecule has 14 atom stereocenters. The predicted octanol–water partition coefficient (Wildman–Crippen LogP) is 9.65. The van der Waals surface area contributed by atoms with Crippen molar-refractivity contribution < 1.29 is 0 Å². The van der Waals surface area contributed by atoms with E-state index < -0.39 is 0 Å². The molecule has 11 rings (SSSR count). The summed E-state index contributed by atoms with van der Waals surface area (Å²) in [4.78, 5) is 12.5. The Morgan fingerprint density at radius 2 is 1.55 bits per heavy atom. The molecule has 5 heteroatoms. The van der Waals surface area contributed by atoms with Gasteiger partial charge in [-0.1, -0.05) is 93.1 Å². The maximum Gasteiger partial charge on any atom is 0.198 e. The molecule has 0 bridgehead atoms. The monoisotopic (exact) mass is 677 g/mol. The summed E-state index contributed by atoms with van der Waals surface area (Å²) in [5.41, 5.74) is 5.56. The maximum atomic E-state index is 6.12. The summed E-state index contributed by atoms with van der Waals surface area (Å²) in [6.45, 7) is 8.38. The number of hydrogen-bond donors (Lipinski definition) is 0. The quantitative estimate of drug-likeness (QED) is 0.291. The van der Waals surface area contributed by atoms with Crippen LogP contribution in [0.5, 0.6) is 0 Å². The third-order valence-corrected chi connectivity index (χ3v) is 19.9. The molecule has 1 aromatic carbocycles. The predicted molar refractivity (Wildman–Crippen MR) is 207 cm³/mol. The Bertz CT molecular complexity index is 1470. The maximum absolute atomic E-state index is 6.12. The number of aryl methyl sites for hydroxylation is 2. The minimum Gasteiger partial charge on any atom is -0.337 e. The fraction of sp³-hybridized carbons (Fsp3) is 0.841. The molecule has 4 heterocycles. The Hall–Kier alpha value is -1.10. The van der Waals surface area contributed by atoms with Crippen LogP contribution in [0.15, 0.2) is 23.2 Å². The molecule has 0 amide bonds. The highest BCUT2D eigenvalue weighted by atomic mass is 32.2. The largest absolute Gasteiger partial charge is 0.337 e.